The Labute approximate surface area is 138 Å². The highest BCUT2D eigenvalue weighted by Gasteiger charge is 2.33. The van der Waals surface area contributed by atoms with E-state index < -0.39 is 5.97 Å². The van der Waals surface area contributed by atoms with E-state index >= 15 is 0 Å². The van der Waals surface area contributed by atoms with E-state index in [-0.39, 0.29) is 24.2 Å². The van der Waals surface area contributed by atoms with Gasteiger partial charge >= 0.3 is 5.97 Å². The lowest BCUT2D eigenvalue weighted by molar-refractivity contribution is -0.148. The number of hydrogen-bond donors (Lipinski definition) is 1. The molecule has 1 fully saturated rings. The van der Waals surface area contributed by atoms with Crippen molar-refractivity contribution in [3.63, 3.8) is 0 Å². The average Bonchev–Trinajstić information content (AvgIpc) is 2.47. The summed E-state index contributed by atoms with van der Waals surface area (Å²) < 4.78 is 6.19. The molecule has 1 aliphatic rings. The van der Waals surface area contributed by atoms with E-state index in [0.29, 0.717) is 25.3 Å². The monoisotopic (exact) mass is 369 g/mol. The van der Waals surface area contributed by atoms with Crippen LogP contribution in [0.2, 0.25) is 0 Å². The topological polar surface area (TPSA) is 66.8 Å². The first-order chi connectivity index (χ1) is 10.4. The summed E-state index contributed by atoms with van der Waals surface area (Å²) in [6.45, 7) is 2.88. The number of rotatable bonds is 4. The fourth-order valence-corrected chi connectivity index (χ4v) is 3.31. The van der Waals surface area contributed by atoms with Gasteiger partial charge in [0, 0.05) is 23.1 Å². The maximum absolute atomic E-state index is 12.5. The fraction of sp³-hybridized carbons (Fsp3) is 0.500. The molecule has 5 nitrogen and oxygen atoms in total. The third kappa shape index (κ3) is 3.80. The van der Waals surface area contributed by atoms with Crippen LogP contribution in [-0.2, 0) is 16.0 Å². The second-order valence-corrected chi connectivity index (χ2v) is 6.60. The Balaban J connectivity index is 2.04. The first-order valence-electron chi connectivity index (χ1n) is 7.25. The number of hydrogen-bond acceptors (Lipinski definition) is 3. The molecule has 1 aromatic carbocycles. The van der Waals surface area contributed by atoms with E-state index in [9.17, 15) is 9.59 Å². The molecule has 2 unspecified atom stereocenters. The minimum atomic E-state index is -0.770. The number of likely N-dealkylation sites (tertiary alicyclic amines) is 1. The van der Waals surface area contributed by atoms with Gasteiger partial charge in [0.2, 0.25) is 5.91 Å². The highest BCUT2D eigenvalue weighted by molar-refractivity contribution is 9.10. The van der Waals surface area contributed by atoms with E-state index in [1.54, 1.807) is 12.0 Å². The largest absolute Gasteiger partial charge is 0.496 e. The lowest BCUT2D eigenvalue weighted by atomic mass is 9.87. The number of amides is 1. The summed E-state index contributed by atoms with van der Waals surface area (Å²) in [5, 5.41) is 9.14. The molecular weight excluding hydrogens is 350 g/mol. The fourth-order valence-electron chi connectivity index (χ4n) is 2.90. The van der Waals surface area contributed by atoms with E-state index in [1.165, 1.54) is 0 Å². The number of halogens is 1. The summed E-state index contributed by atoms with van der Waals surface area (Å²) >= 11 is 3.40. The number of carbonyl (C=O) groups excluding carboxylic acids is 1. The van der Waals surface area contributed by atoms with Gasteiger partial charge in [0.05, 0.1) is 19.4 Å². The van der Waals surface area contributed by atoms with Crippen molar-refractivity contribution in [3.8, 4) is 5.75 Å². The zero-order chi connectivity index (χ0) is 16.3. The second-order valence-electron chi connectivity index (χ2n) is 5.68. The Kier molecular flexibility index (Phi) is 5.45. The highest BCUT2D eigenvalue weighted by Crippen LogP contribution is 2.27. The normalized spacial score (nSPS) is 21.5. The Hall–Kier alpha value is -1.56. The SMILES string of the molecule is COc1ccc(Br)cc1CC(=O)N1CCC(C(=O)O)C(C)C1. The van der Waals surface area contributed by atoms with E-state index in [2.05, 4.69) is 15.9 Å². The quantitative estimate of drug-likeness (QED) is 0.885. The maximum Gasteiger partial charge on any atom is 0.306 e. The molecule has 1 aliphatic heterocycles. The molecule has 0 aliphatic carbocycles. The third-order valence-electron chi connectivity index (χ3n) is 4.16. The molecule has 0 saturated carbocycles. The van der Waals surface area contributed by atoms with Crippen LogP contribution in [0.25, 0.3) is 0 Å². The Bertz CT molecular complexity index is 575. The predicted molar refractivity (Wildman–Crippen MR) is 85.9 cm³/mol. The lowest BCUT2D eigenvalue weighted by Gasteiger charge is -2.35. The van der Waals surface area contributed by atoms with Gasteiger partial charge in [0.15, 0.2) is 0 Å². The molecule has 1 heterocycles. The number of carboxylic acid groups (broad SMARTS) is 1. The number of carbonyl (C=O) groups is 2. The lowest BCUT2D eigenvalue weighted by Crippen LogP contribution is -2.45. The smallest absolute Gasteiger partial charge is 0.306 e. The van der Waals surface area contributed by atoms with Gasteiger partial charge in [-0.15, -0.1) is 0 Å². The molecule has 1 saturated heterocycles. The molecule has 0 radical (unpaired) electrons. The molecule has 2 rings (SSSR count). The zero-order valence-corrected chi connectivity index (χ0v) is 14.3. The summed E-state index contributed by atoms with van der Waals surface area (Å²) in [5.74, 6) is -0.463. The first-order valence-corrected chi connectivity index (χ1v) is 8.04. The third-order valence-corrected chi connectivity index (χ3v) is 4.65. The first kappa shape index (κ1) is 16.8. The van der Waals surface area contributed by atoms with Crippen molar-refractivity contribution >= 4 is 27.8 Å². The molecule has 1 amide bonds. The molecular formula is C16H20BrNO4. The highest BCUT2D eigenvalue weighted by atomic mass is 79.9. The van der Waals surface area contributed by atoms with Gasteiger partial charge in [-0.25, -0.2) is 0 Å². The number of benzene rings is 1. The molecule has 6 heteroatoms. The van der Waals surface area contributed by atoms with Crippen LogP contribution in [0.5, 0.6) is 5.75 Å². The zero-order valence-electron chi connectivity index (χ0n) is 12.7. The van der Waals surface area contributed by atoms with Crippen molar-refractivity contribution in [1.29, 1.82) is 0 Å². The van der Waals surface area contributed by atoms with Gasteiger partial charge in [-0.05, 0) is 30.5 Å². The summed E-state index contributed by atoms with van der Waals surface area (Å²) in [5.41, 5.74) is 0.829. The molecule has 0 bridgehead atoms. The van der Waals surface area contributed by atoms with Gasteiger partial charge in [-0.2, -0.15) is 0 Å². The minimum absolute atomic E-state index is 0.00656. The van der Waals surface area contributed by atoms with Crippen molar-refractivity contribution in [1.82, 2.24) is 4.90 Å². The van der Waals surface area contributed by atoms with Crippen molar-refractivity contribution < 1.29 is 19.4 Å². The number of ether oxygens (including phenoxy) is 1. The molecule has 120 valence electrons. The van der Waals surface area contributed by atoms with Crippen LogP contribution < -0.4 is 4.74 Å². The standard InChI is InChI=1S/C16H20BrNO4/c1-10-9-18(6-5-13(10)16(20)21)15(19)8-11-7-12(17)3-4-14(11)22-2/h3-4,7,10,13H,5-6,8-9H2,1-2H3,(H,20,21). The molecule has 0 spiro atoms. The van der Waals surface area contributed by atoms with E-state index in [0.717, 1.165) is 10.0 Å². The van der Waals surface area contributed by atoms with E-state index in [1.807, 2.05) is 25.1 Å². The number of methoxy groups -OCH3 is 1. The number of piperidine rings is 1. The Morgan fingerprint density at radius 2 is 2.18 bits per heavy atom. The summed E-state index contributed by atoms with van der Waals surface area (Å²) in [7, 11) is 1.58. The van der Waals surface area contributed by atoms with Gasteiger partial charge in [-0.3, -0.25) is 9.59 Å². The van der Waals surface area contributed by atoms with Crippen LogP contribution in [-0.4, -0.2) is 42.1 Å². The minimum Gasteiger partial charge on any atom is -0.496 e. The van der Waals surface area contributed by atoms with Crippen molar-refractivity contribution in [2.45, 2.75) is 19.8 Å². The average molecular weight is 370 g/mol. The summed E-state index contributed by atoms with van der Waals surface area (Å²) in [6.07, 6.45) is 0.769. The Morgan fingerprint density at radius 1 is 1.45 bits per heavy atom. The van der Waals surface area contributed by atoms with Gasteiger partial charge < -0.3 is 14.7 Å². The van der Waals surface area contributed by atoms with Gasteiger partial charge in [-0.1, -0.05) is 22.9 Å². The maximum atomic E-state index is 12.5. The second kappa shape index (κ2) is 7.13. The van der Waals surface area contributed by atoms with Crippen LogP contribution >= 0.6 is 15.9 Å². The number of aliphatic carboxylic acids is 1. The van der Waals surface area contributed by atoms with Crippen molar-refractivity contribution in [2.24, 2.45) is 11.8 Å². The number of carboxylic acids is 1. The molecule has 1 aromatic rings. The van der Waals surface area contributed by atoms with Crippen molar-refractivity contribution in [3.05, 3.63) is 28.2 Å². The predicted octanol–water partition coefficient (Wildman–Crippen LogP) is 2.57. The van der Waals surface area contributed by atoms with Crippen LogP contribution in [0.4, 0.5) is 0 Å². The van der Waals surface area contributed by atoms with Crippen LogP contribution in [0.1, 0.15) is 18.9 Å². The molecule has 2 atom stereocenters. The van der Waals surface area contributed by atoms with E-state index in [4.69, 9.17) is 9.84 Å². The molecule has 22 heavy (non-hydrogen) atoms. The van der Waals surface area contributed by atoms with Gasteiger partial charge in [0.25, 0.3) is 0 Å². The number of nitrogens with zero attached hydrogens (tertiary/aromatic N) is 1. The summed E-state index contributed by atoms with van der Waals surface area (Å²) in [4.78, 5) is 25.4. The van der Waals surface area contributed by atoms with Crippen molar-refractivity contribution in [2.75, 3.05) is 20.2 Å². The van der Waals surface area contributed by atoms with Crippen LogP contribution in [0.15, 0.2) is 22.7 Å². The Morgan fingerprint density at radius 3 is 2.77 bits per heavy atom. The summed E-state index contributed by atoms with van der Waals surface area (Å²) in [6, 6.07) is 5.57. The van der Waals surface area contributed by atoms with Crippen LogP contribution in [0.3, 0.4) is 0 Å². The van der Waals surface area contributed by atoms with Gasteiger partial charge in [0.1, 0.15) is 5.75 Å². The molecule has 1 N–H and O–H groups in total. The van der Waals surface area contributed by atoms with Crippen LogP contribution in [0, 0.1) is 11.8 Å². The molecule has 0 aromatic heterocycles.